The van der Waals surface area contributed by atoms with Crippen LogP contribution in [0.25, 0.3) is 0 Å². The molecule has 1 rings (SSSR count). The van der Waals surface area contributed by atoms with E-state index in [9.17, 15) is 0 Å². The minimum Gasteiger partial charge on any atom is -0.178 e. The van der Waals surface area contributed by atoms with E-state index in [1.54, 1.807) is 0 Å². The van der Waals surface area contributed by atoms with Crippen molar-refractivity contribution in [2.45, 2.75) is 35.4 Å². The Labute approximate surface area is 280 Å². The Morgan fingerprint density at radius 2 is 1.30 bits per heavy atom. The van der Waals surface area contributed by atoms with E-state index in [0.717, 1.165) is 41.5 Å². The zero-order chi connectivity index (χ0) is 24.6. The largest absolute Gasteiger partial charge is 0.178 e. The lowest BCUT2D eigenvalue weighted by Crippen LogP contribution is -2.46. The van der Waals surface area contributed by atoms with Crippen molar-refractivity contribution in [1.82, 2.24) is 0 Å². The number of hydrogen-bond donors (Lipinski definition) is 8. The number of thiol groups is 8. The van der Waals surface area contributed by atoms with Crippen LogP contribution in [0.5, 0.6) is 0 Å². The lowest BCUT2D eigenvalue weighted by molar-refractivity contribution is 0.525. The molecule has 1 aliphatic rings. The van der Waals surface area contributed by atoms with Crippen molar-refractivity contribution in [3.8, 4) is 0 Å². The van der Waals surface area contributed by atoms with Gasteiger partial charge >= 0.3 is 0 Å². The average molecular weight is 752 g/mol. The summed E-state index contributed by atoms with van der Waals surface area (Å²) >= 11 is 53.7. The fourth-order valence-electron chi connectivity index (χ4n) is 3.04. The molecule has 0 saturated carbocycles. The van der Waals surface area contributed by atoms with Gasteiger partial charge in [0.25, 0.3) is 0 Å². The summed E-state index contributed by atoms with van der Waals surface area (Å²) in [5.41, 5.74) is 0. The Morgan fingerprint density at radius 3 is 1.79 bits per heavy atom. The Kier molecular flexibility index (Phi) is 25.7. The molecular formula is C17H34S16. The van der Waals surface area contributed by atoms with Crippen LogP contribution in [0.4, 0.5) is 0 Å². The van der Waals surface area contributed by atoms with Gasteiger partial charge in [0, 0.05) is 79.9 Å². The molecule has 0 spiro atoms. The Morgan fingerprint density at radius 1 is 0.727 bits per heavy atom. The monoisotopic (exact) mass is 750 g/mol. The Balaban J connectivity index is 2.96. The summed E-state index contributed by atoms with van der Waals surface area (Å²) in [6.45, 7) is 0. The van der Waals surface area contributed by atoms with Crippen LogP contribution in [0.1, 0.15) is 0 Å². The molecule has 0 N–H and O–H groups in total. The molecule has 6 unspecified atom stereocenters. The lowest BCUT2D eigenvalue weighted by Gasteiger charge is -2.41. The average Bonchev–Trinajstić information content (AvgIpc) is 2.77. The van der Waals surface area contributed by atoms with Crippen LogP contribution in [0.3, 0.4) is 0 Å². The third-order valence-electron chi connectivity index (χ3n) is 4.61. The van der Waals surface area contributed by atoms with Crippen LogP contribution in [-0.4, -0.2) is 83.2 Å². The zero-order valence-electron chi connectivity index (χ0n) is 17.8. The number of thioether (sulfide) groups is 8. The standard InChI is InChI=1S/C17H34S16/c18-1-10(23)15(28-4-19)16(29-5-20)14(25)13(17(30-6-21)31-7-22)11(24)2-26-8-27-3-12-32-9-33-12/h10-25H,1-9H2. The second-order valence-corrected chi connectivity index (χ2v) is 22.2. The summed E-state index contributed by atoms with van der Waals surface area (Å²) in [5.74, 6) is 3.27. The fraction of sp³-hybridized carbons (Fsp3) is 1.00. The van der Waals surface area contributed by atoms with Crippen LogP contribution in [0, 0.1) is 5.92 Å². The first-order valence-electron chi connectivity index (χ1n) is 9.88. The van der Waals surface area contributed by atoms with Gasteiger partial charge in [-0.05, 0) is 0 Å². The van der Waals surface area contributed by atoms with Gasteiger partial charge in [-0.2, -0.15) is 101 Å². The molecule has 198 valence electrons. The van der Waals surface area contributed by atoms with E-state index in [-0.39, 0.29) is 26.2 Å². The van der Waals surface area contributed by atoms with E-state index in [2.05, 4.69) is 86.7 Å². The predicted octanol–water partition coefficient (Wildman–Crippen LogP) is 8.16. The summed E-state index contributed by atoms with van der Waals surface area (Å²) < 4.78 is 1.13. The van der Waals surface area contributed by atoms with Gasteiger partial charge in [0.2, 0.25) is 0 Å². The maximum absolute atomic E-state index is 5.30. The summed E-state index contributed by atoms with van der Waals surface area (Å²) in [5, 5.41) is 6.50. The second kappa shape index (κ2) is 23.2. The molecule has 1 aliphatic heterocycles. The molecule has 0 aromatic rings. The quantitative estimate of drug-likeness (QED) is 0.0333. The number of rotatable bonds is 21. The first-order chi connectivity index (χ1) is 15.9. The van der Waals surface area contributed by atoms with Crippen LogP contribution >= 0.6 is 195 Å². The molecule has 0 amide bonds. The predicted molar refractivity (Wildman–Crippen MR) is 206 cm³/mol. The molecule has 33 heavy (non-hydrogen) atoms. The first-order valence-corrected chi connectivity index (χ1v) is 23.2. The van der Waals surface area contributed by atoms with E-state index < -0.39 is 0 Å². The molecule has 6 atom stereocenters. The van der Waals surface area contributed by atoms with Crippen molar-refractivity contribution < 1.29 is 0 Å². The second-order valence-electron chi connectivity index (χ2n) is 6.61. The van der Waals surface area contributed by atoms with E-state index >= 15 is 0 Å². The Hall–Kier alpha value is 5.60. The highest BCUT2D eigenvalue weighted by atomic mass is 32.3. The SMILES string of the molecule is SCSC(SCS)C(C(S)CSCSCC1SCS1)C(S)C(SCS)C(SCS)C(S)CS. The molecule has 0 aromatic heterocycles. The smallest absolute Gasteiger partial charge is 0.0609 e. The Bertz CT molecular complexity index is 462. The third-order valence-corrected chi connectivity index (χ3v) is 20.2. The van der Waals surface area contributed by atoms with Gasteiger partial charge in [0.15, 0.2) is 0 Å². The van der Waals surface area contributed by atoms with Gasteiger partial charge < -0.3 is 0 Å². The van der Waals surface area contributed by atoms with Crippen molar-refractivity contribution in [3.63, 3.8) is 0 Å². The highest BCUT2D eigenvalue weighted by Gasteiger charge is 2.41. The fourth-order valence-corrected chi connectivity index (χ4v) is 17.8. The van der Waals surface area contributed by atoms with E-state index in [1.807, 2.05) is 70.6 Å². The van der Waals surface area contributed by atoms with Gasteiger partial charge in [-0.25, -0.2) is 0 Å². The molecule has 0 nitrogen and oxygen atoms in total. The van der Waals surface area contributed by atoms with Crippen molar-refractivity contribution in [2.75, 3.05) is 47.8 Å². The van der Waals surface area contributed by atoms with E-state index in [1.165, 1.54) is 10.8 Å². The molecule has 1 saturated heterocycles. The van der Waals surface area contributed by atoms with Gasteiger partial charge in [-0.1, -0.05) is 0 Å². The summed E-state index contributed by atoms with van der Waals surface area (Å²) in [6.07, 6.45) is 0. The first kappa shape index (κ1) is 36.6. The lowest BCUT2D eigenvalue weighted by atomic mass is 9.98. The molecule has 0 bridgehead atoms. The summed E-state index contributed by atoms with van der Waals surface area (Å²) in [4.78, 5) is 0. The van der Waals surface area contributed by atoms with Gasteiger partial charge in [0.05, 0.1) is 9.16 Å². The van der Waals surface area contributed by atoms with Crippen LogP contribution in [-0.2, 0) is 0 Å². The molecule has 1 fully saturated rings. The topological polar surface area (TPSA) is 0 Å². The normalized spacial score (nSPS) is 20.3. The molecule has 0 radical (unpaired) electrons. The molecule has 16 heteroatoms. The van der Waals surface area contributed by atoms with Gasteiger partial charge in [0.1, 0.15) is 0 Å². The van der Waals surface area contributed by atoms with Gasteiger partial charge in [-0.15, -0.1) is 94.1 Å². The maximum Gasteiger partial charge on any atom is 0.0609 e. The molecule has 0 aliphatic carbocycles. The van der Waals surface area contributed by atoms with E-state index in [0.29, 0.717) is 10.5 Å². The highest BCUT2D eigenvalue weighted by molar-refractivity contribution is 8.33. The van der Waals surface area contributed by atoms with Crippen LogP contribution < -0.4 is 0 Å². The highest BCUT2D eigenvalue weighted by Crippen LogP contribution is 2.46. The van der Waals surface area contributed by atoms with Crippen LogP contribution in [0.15, 0.2) is 0 Å². The van der Waals surface area contributed by atoms with Crippen molar-refractivity contribution in [1.29, 1.82) is 0 Å². The molecule has 0 aromatic carbocycles. The summed E-state index contributed by atoms with van der Waals surface area (Å²) in [6, 6.07) is 0. The molecule has 1 heterocycles. The third kappa shape index (κ3) is 14.4. The minimum atomic E-state index is 0.136. The number of hydrogen-bond acceptors (Lipinski definition) is 16. The zero-order valence-corrected chi connectivity index (χ0v) is 31.5. The van der Waals surface area contributed by atoms with Gasteiger partial charge in [-0.3, -0.25) is 0 Å². The van der Waals surface area contributed by atoms with Crippen molar-refractivity contribution >= 4 is 195 Å². The molecular weight excluding hydrogens is 717 g/mol. The van der Waals surface area contributed by atoms with E-state index in [4.69, 9.17) is 37.9 Å². The maximum atomic E-state index is 5.30. The van der Waals surface area contributed by atoms with Crippen molar-refractivity contribution in [3.05, 3.63) is 0 Å². The minimum absolute atomic E-state index is 0.136. The summed E-state index contributed by atoms with van der Waals surface area (Å²) in [7, 11) is 0. The van der Waals surface area contributed by atoms with Crippen molar-refractivity contribution in [2.24, 2.45) is 5.92 Å². The van der Waals surface area contributed by atoms with Crippen LogP contribution in [0.2, 0.25) is 0 Å².